The number of nitrogens with one attached hydrogen (secondary N) is 1. The quantitative estimate of drug-likeness (QED) is 0.487. The van der Waals surface area contributed by atoms with E-state index >= 15 is 0 Å². The SMILES string of the molecule is Cc1ccc(-n2cc(C(=O)NC(C)c3nc(C(C)C)no3)c(-c3ccccc3)n2)cc1. The Hall–Kier alpha value is -3.74. The van der Waals surface area contributed by atoms with Crippen molar-refractivity contribution in [2.75, 3.05) is 0 Å². The number of aromatic nitrogens is 4. The lowest BCUT2D eigenvalue weighted by Gasteiger charge is -2.09. The van der Waals surface area contributed by atoms with Gasteiger partial charge in [-0.2, -0.15) is 10.1 Å². The van der Waals surface area contributed by atoms with Gasteiger partial charge in [0.25, 0.3) is 5.91 Å². The van der Waals surface area contributed by atoms with Gasteiger partial charge in [-0.1, -0.05) is 67.0 Å². The highest BCUT2D eigenvalue weighted by Crippen LogP contribution is 2.25. The summed E-state index contributed by atoms with van der Waals surface area (Å²) in [4.78, 5) is 17.6. The number of rotatable bonds is 6. The molecule has 0 aliphatic rings. The summed E-state index contributed by atoms with van der Waals surface area (Å²) >= 11 is 0. The van der Waals surface area contributed by atoms with Crippen molar-refractivity contribution >= 4 is 5.91 Å². The molecule has 0 radical (unpaired) electrons. The zero-order valence-electron chi connectivity index (χ0n) is 18.0. The summed E-state index contributed by atoms with van der Waals surface area (Å²) < 4.78 is 7.06. The van der Waals surface area contributed by atoms with Crippen molar-refractivity contribution in [2.24, 2.45) is 0 Å². The first kappa shape index (κ1) is 20.5. The molecular formula is C24H25N5O2. The Morgan fingerprint density at radius 2 is 1.74 bits per heavy atom. The fourth-order valence-corrected chi connectivity index (χ4v) is 3.17. The number of hydrogen-bond acceptors (Lipinski definition) is 5. The molecule has 2 aromatic carbocycles. The first-order valence-corrected chi connectivity index (χ1v) is 10.3. The van der Waals surface area contributed by atoms with Crippen LogP contribution in [-0.2, 0) is 0 Å². The largest absolute Gasteiger partial charge is 0.340 e. The molecule has 7 heteroatoms. The number of benzene rings is 2. The van der Waals surface area contributed by atoms with E-state index in [4.69, 9.17) is 9.62 Å². The maximum absolute atomic E-state index is 13.2. The van der Waals surface area contributed by atoms with Gasteiger partial charge in [0.15, 0.2) is 5.82 Å². The minimum atomic E-state index is -0.432. The van der Waals surface area contributed by atoms with E-state index in [2.05, 4.69) is 15.5 Å². The summed E-state index contributed by atoms with van der Waals surface area (Å²) in [5.74, 6) is 0.893. The molecule has 4 aromatic rings. The van der Waals surface area contributed by atoms with Crippen LogP contribution < -0.4 is 5.32 Å². The van der Waals surface area contributed by atoms with Crippen LogP contribution >= 0.6 is 0 Å². The van der Waals surface area contributed by atoms with Crippen LogP contribution in [0.1, 0.15) is 60.4 Å². The van der Waals surface area contributed by atoms with Gasteiger partial charge in [0.05, 0.1) is 11.3 Å². The van der Waals surface area contributed by atoms with Gasteiger partial charge in [-0.25, -0.2) is 4.68 Å². The second-order valence-electron chi connectivity index (χ2n) is 7.88. The molecule has 158 valence electrons. The highest BCUT2D eigenvalue weighted by atomic mass is 16.5. The van der Waals surface area contributed by atoms with E-state index in [9.17, 15) is 4.79 Å². The minimum absolute atomic E-state index is 0.151. The molecular weight excluding hydrogens is 390 g/mol. The van der Waals surface area contributed by atoms with E-state index < -0.39 is 6.04 Å². The van der Waals surface area contributed by atoms with Crippen LogP contribution in [0.25, 0.3) is 16.9 Å². The molecule has 2 heterocycles. The van der Waals surface area contributed by atoms with Crippen LogP contribution in [0.5, 0.6) is 0 Å². The predicted octanol–water partition coefficient (Wildman–Crippen LogP) is 4.85. The van der Waals surface area contributed by atoms with Gasteiger partial charge in [-0.3, -0.25) is 4.79 Å². The second-order valence-corrected chi connectivity index (χ2v) is 7.88. The molecule has 0 fully saturated rings. The Balaban J connectivity index is 1.66. The highest BCUT2D eigenvalue weighted by Gasteiger charge is 2.23. The first-order valence-electron chi connectivity index (χ1n) is 10.3. The third kappa shape index (κ3) is 4.40. The van der Waals surface area contributed by atoms with Crippen molar-refractivity contribution in [3.63, 3.8) is 0 Å². The Morgan fingerprint density at radius 3 is 2.39 bits per heavy atom. The Labute approximate surface area is 181 Å². The third-order valence-corrected chi connectivity index (χ3v) is 5.00. The smallest absolute Gasteiger partial charge is 0.255 e. The summed E-state index contributed by atoms with van der Waals surface area (Å²) in [5, 5.41) is 11.7. The van der Waals surface area contributed by atoms with E-state index in [1.807, 2.05) is 82.3 Å². The van der Waals surface area contributed by atoms with Crippen LogP contribution in [-0.4, -0.2) is 25.8 Å². The molecule has 0 saturated heterocycles. The van der Waals surface area contributed by atoms with Gasteiger partial charge in [-0.15, -0.1) is 0 Å². The average molecular weight is 415 g/mol. The predicted molar refractivity (Wildman–Crippen MR) is 118 cm³/mol. The molecule has 4 rings (SSSR count). The number of carbonyl (C=O) groups is 1. The topological polar surface area (TPSA) is 85.8 Å². The van der Waals surface area contributed by atoms with Crippen LogP contribution in [0.3, 0.4) is 0 Å². The standard InChI is InChI=1S/C24H25N5O2/c1-15(2)22-26-24(31-28-22)17(4)25-23(30)20-14-29(19-12-10-16(3)11-13-19)27-21(20)18-8-6-5-7-9-18/h5-15,17H,1-4H3,(H,25,30). The molecule has 1 amide bonds. The number of amides is 1. The van der Waals surface area contributed by atoms with E-state index in [1.54, 1.807) is 10.9 Å². The first-order chi connectivity index (χ1) is 14.9. The van der Waals surface area contributed by atoms with Gasteiger partial charge in [0, 0.05) is 17.7 Å². The normalized spacial score (nSPS) is 12.2. The van der Waals surface area contributed by atoms with Crippen molar-refractivity contribution in [3.05, 3.63) is 83.6 Å². The minimum Gasteiger partial charge on any atom is -0.340 e. The lowest BCUT2D eigenvalue weighted by Crippen LogP contribution is -2.27. The molecule has 0 aliphatic carbocycles. The van der Waals surface area contributed by atoms with Gasteiger partial charge in [0.1, 0.15) is 11.7 Å². The average Bonchev–Trinajstić information content (AvgIpc) is 3.43. The Kier molecular flexibility index (Phi) is 5.66. The van der Waals surface area contributed by atoms with Crippen molar-refractivity contribution in [2.45, 2.75) is 39.7 Å². The maximum Gasteiger partial charge on any atom is 0.255 e. The second kappa shape index (κ2) is 8.55. The molecule has 0 spiro atoms. The molecule has 0 bridgehead atoms. The van der Waals surface area contributed by atoms with Crippen LogP contribution in [0, 0.1) is 6.92 Å². The fraction of sp³-hybridized carbons (Fsp3) is 0.250. The molecule has 0 aliphatic heterocycles. The van der Waals surface area contributed by atoms with Gasteiger partial charge < -0.3 is 9.84 Å². The monoisotopic (exact) mass is 415 g/mol. The summed E-state index contributed by atoms with van der Waals surface area (Å²) in [6.07, 6.45) is 1.75. The van der Waals surface area contributed by atoms with Crippen molar-refractivity contribution in [3.8, 4) is 16.9 Å². The summed E-state index contributed by atoms with van der Waals surface area (Å²) in [6.45, 7) is 7.83. The summed E-state index contributed by atoms with van der Waals surface area (Å²) in [6, 6.07) is 17.2. The molecule has 7 nitrogen and oxygen atoms in total. The molecule has 2 aromatic heterocycles. The van der Waals surface area contributed by atoms with E-state index in [0.29, 0.717) is 23.0 Å². The van der Waals surface area contributed by atoms with Crippen LogP contribution in [0.4, 0.5) is 0 Å². The number of hydrogen-bond donors (Lipinski definition) is 1. The lowest BCUT2D eigenvalue weighted by molar-refractivity contribution is 0.0933. The highest BCUT2D eigenvalue weighted by molar-refractivity contribution is 6.00. The molecule has 1 atom stereocenters. The number of carbonyl (C=O) groups excluding carboxylic acids is 1. The Morgan fingerprint density at radius 1 is 1.03 bits per heavy atom. The van der Waals surface area contributed by atoms with E-state index in [0.717, 1.165) is 16.8 Å². The van der Waals surface area contributed by atoms with Crippen molar-refractivity contribution in [1.82, 2.24) is 25.2 Å². The zero-order valence-corrected chi connectivity index (χ0v) is 18.0. The Bertz CT molecular complexity index is 1180. The summed E-state index contributed by atoms with van der Waals surface area (Å²) in [7, 11) is 0. The third-order valence-electron chi connectivity index (χ3n) is 5.00. The zero-order chi connectivity index (χ0) is 22.0. The molecule has 31 heavy (non-hydrogen) atoms. The van der Waals surface area contributed by atoms with E-state index in [1.165, 1.54) is 0 Å². The van der Waals surface area contributed by atoms with Gasteiger partial charge in [-0.05, 0) is 26.0 Å². The molecule has 1 N–H and O–H groups in total. The van der Waals surface area contributed by atoms with Crippen molar-refractivity contribution in [1.29, 1.82) is 0 Å². The summed E-state index contributed by atoms with van der Waals surface area (Å²) in [5.41, 5.74) is 3.99. The van der Waals surface area contributed by atoms with E-state index in [-0.39, 0.29) is 11.8 Å². The van der Waals surface area contributed by atoms with Gasteiger partial charge >= 0.3 is 0 Å². The van der Waals surface area contributed by atoms with Crippen LogP contribution in [0.15, 0.2) is 65.3 Å². The van der Waals surface area contributed by atoms with Crippen LogP contribution in [0.2, 0.25) is 0 Å². The maximum atomic E-state index is 13.2. The molecule has 1 unspecified atom stereocenters. The number of nitrogens with zero attached hydrogens (tertiary/aromatic N) is 4. The van der Waals surface area contributed by atoms with Crippen molar-refractivity contribution < 1.29 is 9.32 Å². The lowest BCUT2D eigenvalue weighted by atomic mass is 10.1. The fourth-order valence-electron chi connectivity index (χ4n) is 3.17. The number of aryl methyl sites for hydroxylation is 1. The molecule has 0 saturated carbocycles. The van der Waals surface area contributed by atoms with Gasteiger partial charge in [0.2, 0.25) is 5.89 Å².